The number of carbonyl (C=O) groups excluding carboxylic acids is 2. The molecule has 0 saturated carbocycles. The maximum Gasteiger partial charge on any atom is 0.514 e. The molecule has 0 unspecified atom stereocenters. The number of carbonyl (C=O) groups is 2. The highest BCUT2D eigenvalue weighted by atomic mass is 127. The molecule has 0 saturated heterocycles. The summed E-state index contributed by atoms with van der Waals surface area (Å²) in [4.78, 5) is 26.5. The van der Waals surface area contributed by atoms with E-state index in [0.717, 1.165) is 31.6 Å². The molecule has 0 N–H and O–H groups in total. The van der Waals surface area contributed by atoms with Gasteiger partial charge in [0.25, 0.3) is 0 Å². The molecule has 5 aromatic rings. The lowest BCUT2D eigenvalue weighted by atomic mass is 9.97. The van der Waals surface area contributed by atoms with Crippen LogP contribution in [0.2, 0.25) is 0 Å². The van der Waals surface area contributed by atoms with Crippen molar-refractivity contribution in [1.29, 1.82) is 0 Å². The van der Waals surface area contributed by atoms with Crippen LogP contribution in [-0.4, -0.2) is 40.4 Å². The SMILES string of the molecule is COCOc1ccc(OC)c2c(OC(=O)OCc3ccccc3)c(CCc3cc(C)cc(OC)c3I)cc(OC(=O)OCc3ccccc3)c12. The molecule has 0 aliphatic rings. The van der Waals surface area contributed by atoms with Crippen LogP contribution in [-0.2, 0) is 40.3 Å². The van der Waals surface area contributed by atoms with E-state index in [1.807, 2.05) is 73.7 Å². The second-order valence-corrected chi connectivity index (χ2v) is 12.2. The first kappa shape index (κ1) is 36.3. The van der Waals surface area contributed by atoms with Crippen molar-refractivity contribution in [3.05, 3.63) is 122 Å². The van der Waals surface area contributed by atoms with Gasteiger partial charge in [0.05, 0.1) is 28.6 Å². The van der Waals surface area contributed by atoms with Gasteiger partial charge in [0, 0.05) is 7.11 Å². The zero-order valence-corrected chi connectivity index (χ0v) is 30.3. The fourth-order valence-corrected chi connectivity index (χ4v) is 6.16. The molecule has 10 nitrogen and oxygen atoms in total. The average Bonchev–Trinajstić information content (AvgIpc) is 3.14. The Balaban J connectivity index is 1.60. The molecule has 11 heteroatoms. The van der Waals surface area contributed by atoms with Crippen molar-refractivity contribution < 1.29 is 47.5 Å². The van der Waals surface area contributed by atoms with Crippen LogP contribution in [0, 0.1) is 10.5 Å². The van der Waals surface area contributed by atoms with E-state index < -0.39 is 12.3 Å². The van der Waals surface area contributed by atoms with Crippen molar-refractivity contribution in [2.24, 2.45) is 0 Å². The summed E-state index contributed by atoms with van der Waals surface area (Å²) in [7, 11) is 4.61. The van der Waals surface area contributed by atoms with Gasteiger partial charge in [-0.3, -0.25) is 0 Å². The molecule has 0 aromatic heterocycles. The lowest BCUT2D eigenvalue weighted by Crippen LogP contribution is -2.15. The first-order valence-electron chi connectivity index (χ1n) is 15.7. The highest BCUT2D eigenvalue weighted by Crippen LogP contribution is 2.47. The van der Waals surface area contributed by atoms with E-state index in [1.54, 1.807) is 25.3 Å². The van der Waals surface area contributed by atoms with E-state index in [2.05, 4.69) is 28.7 Å². The van der Waals surface area contributed by atoms with E-state index in [0.29, 0.717) is 40.7 Å². The van der Waals surface area contributed by atoms with Gasteiger partial charge < -0.3 is 37.9 Å². The number of methoxy groups -OCH3 is 3. The molecule has 0 aliphatic carbocycles. The number of rotatable bonds is 14. The van der Waals surface area contributed by atoms with Gasteiger partial charge in [0.2, 0.25) is 0 Å². The predicted molar refractivity (Wildman–Crippen MR) is 195 cm³/mol. The third-order valence-electron chi connectivity index (χ3n) is 7.67. The quantitative estimate of drug-likeness (QED) is 0.0468. The van der Waals surface area contributed by atoms with Gasteiger partial charge in [0.15, 0.2) is 6.79 Å². The number of aryl methyl sites for hydroxylation is 3. The molecule has 0 radical (unpaired) electrons. The van der Waals surface area contributed by atoms with Gasteiger partial charge in [-0.1, -0.05) is 66.7 Å². The summed E-state index contributed by atoms with van der Waals surface area (Å²) < 4.78 is 46.3. The monoisotopic (exact) mass is 792 g/mol. The second-order valence-electron chi connectivity index (χ2n) is 11.1. The van der Waals surface area contributed by atoms with Gasteiger partial charge in [0.1, 0.15) is 42.0 Å². The Morgan fingerprint density at radius 1 is 0.620 bits per heavy atom. The Hall–Kier alpha value is -5.01. The number of halogens is 1. The molecule has 0 fully saturated rings. The van der Waals surface area contributed by atoms with E-state index in [9.17, 15) is 9.59 Å². The van der Waals surface area contributed by atoms with Crippen molar-refractivity contribution in [3.8, 4) is 28.7 Å². The van der Waals surface area contributed by atoms with Gasteiger partial charge in [-0.2, -0.15) is 0 Å². The fraction of sp³-hybridized carbons (Fsp3) is 0.231. The van der Waals surface area contributed by atoms with Gasteiger partial charge >= 0.3 is 12.3 Å². The number of benzene rings is 5. The molecule has 260 valence electrons. The Morgan fingerprint density at radius 2 is 1.20 bits per heavy atom. The summed E-state index contributed by atoms with van der Waals surface area (Å²) in [6.07, 6.45) is -0.973. The summed E-state index contributed by atoms with van der Waals surface area (Å²) in [6, 6.07) is 27.6. The lowest BCUT2D eigenvalue weighted by Gasteiger charge is -2.20. The van der Waals surface area contributed by atoms with Crippen molar-refractivity contribution in [3.63, 3.8) is 0 Å². The van der Waals surface area contributed by atoms with Crippen molar-refractivity contribution >= 4 is 45.7 Å². The molecule has 0 aliphatic heterocycles. The van der Waals surface area contributed by atoms with Gasteiger partial charge in [-0.15, -0.1) is 0 Å². The molecule has 5 aromatic carbocycles. The zero-order chi connectivity index (χ0) is 35.5. The Morgan fingerprint density at radius 3 is 1.80 bits per heavy atom. The number of ether oxygens (including phenoxy) is 8. The molecule has 0 amide bonds. The number of hydrogen-bond donors (Lipinski definition) is 0. The lowest BCUT2D eigenvalue weighted by molar-refractivity contribution is 0.0520. The molecule has 0 spiro atoms. The fourth-order valence-electron chi connectivity index (χ4n) is 5.36. The summed E-state index contributed by atoms with van der Waals surface area (Å²) in [5, 5.41) is 0.636. The first-order chi connectivity index (χ1) is 24.3. The Bertz CT molecular complexity index is 1930. The third-order valence-corrected chi connectivity index (χ3v) is 8.90. The summed E-state index contributed by atoms with van der Waals surface area (Å²) in [5.74, 6) is 1.66. The van der Waals surface area contributed by atoms with Crippen LogP contribution >= 0.6 is 22.6 Å². The highest BCUT2D eigenvalue weighted by Gasteiger charge is 2.26. The second kappa shape index (κ2) is 17.6. The Labute approximate surface area is 304 Å². The average molecular weight is 793 g/mol. The Kier molecular flexibility index (Phi) is 12.8. The van der Waals surface area contributed by atoms with E-state index in [-0.39, 0.29) is 31.5 Å². The summed E-state index contributed by atoms with van der Waals surface area (Å²) in [6.45, 7) is 1.89. The van der Waals surface area contributed by atoms with Crippen LogP contribution in [0.25, 0.3) is 10.8 Å². The molecule has 50 heavy (non-hydrogen) atoms. The summed E-state index contributed by atoms with van der Waals surface area (Å²) >= 11 is 2.26. The van der Waals surface area contributed by atoms with Crippen molar-refractivity contribution in [2.75, 3.05) is 28.1 Å². The minimum Gasteiger partial charge on any atom is -0.496 e. The first-order valence-corrected chi connectivity index (χ1v) is 16.8. The number of hydrogen-bond acceptors (Lipinski definition) is 10. The minimum absolute atomic E-state index is 0.00199. The molecule has 0 heterocycles. The molecular weight excluding hydrogens is 755 g/mol. The zero-order valence-electron chi connectivity index (χ0n) is 28.2. The van der Waals surface area contributed by atoms with E-state index in [4.69, 9.17) is 37.9 Å². The van der Waals surface area contributed by atoms with Crippen LogP contribution in [0.3, 0.4) is 0 Å². The van der Waals surface area contributed by atoms with Crippen LogP contribution in [0.15, 0.2) is 91.0 Å². The maximum atomic E-state index is 13.3. The molecular formula is C39H37IO10. The molecule has 0 atom stereocenters. The third kappa shape index (κ3) is 9.16. The topological polar surface area (TPSA) is 108 Å². The molecule has 5 rings (SSSR count). The van der Waals surface area contributed by atoms with Crippen LogP contribution < -0.4 is 23.7 Å². The van der Waals surface area contributed by atoms with E-state index >= 15 is 0 Å². The van der Waals surface area contributed by atoms with Crippen LogP contribution in [0.5, 0.6) is 28.7 Å². The van der Waals surface area contributed by atoms with E-state index in [1.165, 1.54) is 14.2 Å². The predicted octanol–water partition coefficient (Wildman–Crippen LogP) is 8.97. The standard InChI is InChI=1S/C39H37IO10/c1-25-19-28(36(40)33(20-25)45-4)15-16-29-21-32(49-38(41)46-22-26-11-7-5-8-12-26)34-31(48-24-43-2)18-17-30(44-3)35(34)37(29)50-39(42)47-23-27-13-9-6-10-14-27/h5-14,17-21H,15-16,22-24H2,1-4H3. The maximum absolute atomic E-state index is 13.3. The number of fused-ring (bicyclic) bond motifs is 1. The summed E-state index contributed by atoms with van der Waals surface area (Å²) in [5.41, 5.74) is 4.18. The molecule has 0 bridgehead atoms. The van der Waals surface area contributed by atoms with Crippen molar-refractivity contribution in [2.45, 2.75) is 33.0 Å². The van der Waals surface area contributed by atoms with Crippen LogP contribution in [0.4, 0.5) is 9.59 Å². The highest BCUT2D eigenvalue weighted by molar-refractivity contribution is 14.1. The van der Waals surface area contributed by atoms with Crippen LogP contribution in [0.1, 0.15) is 27.8 Å². The van der Waals surface area contributed by atoms with Gasteiger partial charge in [-0.25, -0.2) is 9.59 Å². The largest absolute Gasteiger partial charge is 0.514 e. The smallest absolute Gasteiger partial charge is 0.496 e. The van der Waals surface area contributed by atoms with Crippen molar-refractivity contribution in [1.82, 2.24) is 0 Å². The van der Waals surface area contributed by atoms with Gasteiger partial charge in [-0.05, 0) is 94.4 Å². The minimum atomic E-state index is -0.935. The normalized spacial score (nSPS) is 10.7.